The maximum atomic E-state index is 12.2. The molecule has 1 unspecified atom stereocenters. The average molecular weight is 391 g/mol. The second kappa shape index (κ2) is 12.6. The molecule has 0 bridgehead atoms. The molecule has 4 heteroatoms. The van der Waals surface area contributed by atoms with Crippen LogP contribution in [0.1, 0.15) is 107 Å². The number of hydrogen-bond donors (Lipinski definition) is 0. The van der Waals surface area contributed by atoms with E-state index in [1.165, 1.54) is 32.1 Å². The van der Waals surface area contributed by atoms with Gasteiger partial charge in [-0.1, -0.05) is 66.2 Å². The smallest absolute Gasteiger partial charge is 0.338 e. The minimum absolute atomic E-state index is 0.100. The Morgan fingerprint density at radius 3 is 1.89 bits per heavy atom. The van der Waals surface area contributed by atoms with Crippen molar-refractivity contribution in [1.82, 2.24) is 0 Å². The van der Waals surface area contributed by atoms with Gasteiger partial charge in [0.15, 0.2) is 0 Å². The van der Waals surface area contributed by atoms with Gasteiger partial charge in [0.25, 0.3) is 0 Å². The Balaban J connectivity index is 2.34. The third-order valence-corrected chi connectivity index (χ3v) is 4.55. The van der Waals surface area contributed by atoms with Crippen LogP contribution >= 0.6 is 0 Å². The highest BCUT2D eigenvalue weighted by Crippen LogP contribution is 2.22. The third kappa shape index (κ3) is 10.5. The fourth-order valence-corrected chi connectivity index (χ4v) is 3.20. The lowest BCUT2D eigenvalue weighted by atomic mass is 9.90. The Kier molecular flexibility index (Phi) is 10.9. The summed E-state index contributed by atoms with van der Waals surface area (Å²) >= 11 is 0. The Hall–Kier alpha value is -1.84. The first-order chi connectivity index (χ1) is 13.2. The van der Waals surface area contributed by atoms with Gasteiger partial charge >= 0.3 is 11.9 Å². The highest BCUT2D eigenvalue weighted by molar-refractivity contribution is 5.93. The van der Waals surface area contributed by atoms with Gasteiger partial charge in [-0.25, -0.2) is 9.59 Å². The molecule has 0 radical (unpaired) electrons. The van der Waals surface area contributed by atoms with Gasteiger partial charge in [0.1, 0.15) is 0 Å². The van der Waals surface area contributed by atoms with Crippen LogP contribution < -0.4 is 0 Å². The minimum atomic E-state index is -0.361. The summed E-state index contributed by atoms with van der Waals surface area (Å²) in [5, 5.41) is 0. The summed E-state index contributed by atoms with van der Waals surface area (Å²) in [5.74, 6) is -0.702. The number of carbonyl (C=O) groups excluding carboxylic acids is 2. The maximum Gasteiger partial charge on any atom is 0.338 e. The van der Waals surface area contributed by atoms with Crippen molar-refractivity contribution in [2.24, 2.45) is 5.41 Å². The fourth-order valence-electron chi connectivity index (χ4n) is 3.20. The van der Waals surface area contributed by atoms with Crippen molar-refractivity contribution in [1.29, 1.82) is 0 Å². The zero-order chi connectivity index (χ0) is 21.0. The summed E-state index contributed by atoms with van der Waals surface area (Å²) in [6.07, 6.45) is 8.93. The van der Waals surface area contributed by atoms with Crippen LogP contribution in [0.15, 0.2) is 24.3 Å². The van der Waals surface area contributed by atoms with Crippen LogP contribution in [0, 0.1) is 5.41 Å². The topological polar surface area (TPSA) is 52.6 Å². The molecule has 1 rings (SSSR count). The predicted molar refractivity (Wildman–Crippen MR) is 114 cm³/mol. The molecular formula is C24H38O4. The molecular weight excluding hydrogens is 352 g/mol. The Labute approximate surface area is 171 Å². The van der Waals surface area contributed by atoms with Crippen LogP contribution in [-0.4, -0.2) is 24.6 Å². The molecule has 28 heavy (non-hydrogen) atoms. The molecule has 0 saturated carbocycles. The van der Waals surface area contributed by atoms with E-state index in [1.807, 2.05) is 6.92 Å². The zero-order valence-electron chi connectivity index (χ0n) is 18.4. The molecule has 0 aliphatic heterocycles. The summed E-state index contributed by atoms with van der Waals surface area (Å²) in [7, 11) is 0. The van der Waals surface area contributed by atoms with E-state index in [-0.39, 0.29) is 23.5 Å². The molecule has 158 valence electrons. The van der Waals surface area contributed by atoms with Gasteiger partial charge < -0.3 is 9.47 Å². The van der Waals surface area contributed by atoms with Crippen LogP contribution in [0.3, 0.4) is 0 Å². The molecule has 4 nitrogen and oxygen atoms in total. The van der Waals surface area contributed by atoms with E-state index in [0.29, 0.717) is 17.7 Å². The van der Waals surface area contributed by atoms with Gasteiger partial charge in [0, 0.05) is 0 Å². The second-order valence-corrected chi connectivity index (χ2v) is 8.82. The van der Waals surface area contributed by atoms with Gasteiger partial charge in [-0.2, -0.15) is 0 Å². The maximum absolute atomic E-state index is 12.2. The van der Waals surface area contributed by atoms with Crippen molar-refractivity contribution in [3.63, 3.8) is 0 Å². The van der Waals surface area contributed by atoms with E-state index in [4.69, 9.17) is 9.47 Å². The van der Waals surface area contributed by atoms with E-state index in [2.05, 4.69) is 27.7 Å². The summed E-state index contributed by atoms with van der Waals surface area (Å²) < 4.78 is 10.8. The lowest BCUT2D eigenvalue weighted by Gasteiger charge is -2.23. The van der Waals surface area contributed by atoms with Gasteiger partial charge in [0.05, 0.1) is 23.8 Å². The quantitative estimate of drug-likeness (QED) is 0.299. The van der Waals surface area contributed by atoms with Gasteiger partial charge in [0.2, 0.25) is 0 Å². The summed E-state index contributed by atoms with van der Waals surface area (Å²) in [6, 6.07) is 6.49. The predicted octanol–water partition coefficient (Wildman–Crippen LogP) is 6.58. The molecule has 0 aliphatic rings. The zero-order valence-corrected chi connectivity index (χ0v) is 18.4. The molecule has 0 N–H and O–H groups in total. The number of benzene rings is 1. The van der Waals surface area contributed by atoms with Gasteiger partial charge in [-0.3, -0.25) is 0 Å². The number of rotatable bonds is 12. The molecule has 0 amide bonds. The van der Waals surface area contributed by atoms with Crippen molar-refractivity contribution < 1.29 is 19.1 Å². The first kappa shape index (κ1) is 24.2. The van der Waals surface area contributed by atoms with E-state index >= 15 is 0 Å². The number of hydrogen-bond acceptors (Lipinski definition) is 4. The monoisotopic (exact) mass is 390 g/mol. The van der Waals surface area contributed by atoms with Crippen LogP contribution in [-0.2, 0) is 9.47 Å². The van der Waals surface area contributed by atoms with Crippen molar-refractivity contribution in [3.05, 3.63) is 35.4 Å². The third-order valence-electron chi connectivity index (χ3n) is 4.55. The summed E-state index contributed by atoms with van der Waals surface area (Å²) in [5.41, 5.74) is 1.01. The largest absolute Gasteiger partial charge is 0.462 e. The lowest BCUT2D eigenvalue weighted by molar-refractivity contribution is 0.0252. The standard InChI is InChI=1S/C24H38O4/c1-6-7-8-9-10-11-12-17-27-22(25)20-13-15-21(16-14-20)23(26)28-19(2)18-24(3,4)5/h13-16,19H,6-12,17-18H2,1-5H3. The van der Waals surface area contributed by atoms with Crippen molar-refractivity contribution >= 4 is 11.9 Å². The van der Waals surface area contributed by atoms with Crippen LogP contribution in [0.25, 0.3) is 0 Å². The molecule has 0 saturated heterocycles. The molecule has 1 aromatic rings. The molecule has 0 aliphatic carbocycles. The van der Waals surface area contributed by atoms with E-state index < -0.39 is 0 Å². The fraction of sp³-hybridized carbons (Fsp3) is 0.667. The first-order valence-corrected chi connectivity index (χ1v) is 10.7. The molecule has 1 atom stereocenters. The Morgan fingerprint density at radius 1 is 0.857 bits per heavy atom. The first-order valence-electron chi connectivity index (χ1n) is 10.7. The van der Waals surface area contributed by atoms with Gasteiger partial charge in [-0.15, -0.1) is 0 Å². The molecule has 0 heterocycles. The molecule has 0 spiro atoms. The van der Waals surface area contributed by atoms with Crippen molar-refractivity contribution in [2.45, 2.75) is 92.1 Å². The average Bonchev–Trinajstić information content (AvgIpc) is 2.62. The number of esters is 2. The minimum Gasteiger partial charge on any atom is -0.462 e. The lowest BCUT2D eigenvalue weighted by Crippen LogP contribution is -2.21. The normalized spacial score (nSPS) is 12.5. The Bertz CT molecular complexity index is 584. The highest BCUT2D eigenvalue weighted by atomic mass is 16.5. The van der Waals surface area contributed by atoms with Crippen LogP contribution in [0.4, 0.5) is 0 Å². The SMILES string of the molecule is CCCCCCCCCOC(=O)c1ccc(C(=O)OC(C)CC(C)(C)C)cc1. The number of unbranched alkanes of at least 4 members (excludes halogenated alkanes) is 6. The van der Waals surface area contributed by atoms with Crippen LogP contribution in [0.2, 0.25) is 0 Å². The second-order valence-electron chi connectivity index (χ2n) is 8.82. The number of ether oxygens (including phenoxy) is 2. The molecule has 0 fully saturated rings. The molecule has 0 aromatic heterocycles. The Morgan fingerprint density at radius 2 is 1.36 bits per heavy atom. The van der Waals surface area contributed by atoms with Crippen molar-refractivity contribution in [2.75, 3.05) is 6.61 Å². The number of carbonyl (C=O) groups is 2. The summed E-state index contributed by atoms with van der Waals surface area (Å²) in [4.78, 5) is 24.3. The highest BCUT2D eigenvalue weighted by Gasteiger charge is 2.19. The molecule has 1 aromatic carbocycles. The van der Waals surface area contributed by atoms with Gasteiger partial charge in [-0.05, 0) is 49.4 Å². The summed E-state index contributed by atoms with van der Waals surface area (Å²) in [6.45, 7) is 10.9. The van der Waals surface area contributed by atoms with Crippen LogP contribution in [0.5, 0.6) is 0 Å². The van der Waals surface area contributed by atoms with E-state index in [0.717, 1.165) is 19.3 Å². The van der Waals surface area contributed by atoms with E-state index in [1.54, 1.807) is 24.3 Å². The van der Waals surface area contributed by atoms with E-state index in [9.17, 15) is 9.59 Å². The van der Waals surface area contributed by atoms with Crippen molar-refractivity contribution in [3.8, 4) is 0 Å².